The Kier molecular flexibility index (Phi) is 10.9. The van der Waals surface area contributed by atoms with E-state index in [1.54, 1.807) is 0 Å². The molecule has 0 unspecified atom stereocenters. The highest BCUT2D eigenvalue weighted by Gasteiger charge is 2.20. The standard InChI is InChI=1S/C29H39N3/c1-7-11-16-27(24(6)30-18-14-21-32(19-8-2)20-9-3)23(5)26(10-4)29-22-25-15-12-13-17-28(25)31-29/h1,4,12-13,15,17,30H,8-9,11,14,16,18-22H2,2-3,5-6H3/b26-23-,27-24+. The van der Waals surface area contributed by atoms with Crippen molar-refractivity contribution in [2.75, 3.05) is 26.2 Å². The van der Waals surface area contributed by atoms with Gasteiger partial charge in [0.05, 0.1) is 11.4 Å². The second-order valence-corrected chi connectivity index (χ2v) is 8.44. The number of hydrogen-bond donors (Lipinski definition) is 1. The zero-order valence-corrected chi connectivity index (χ0v) is 20.4. The molecule has 0 aliphatic carbocycles. The average Bonchev–Trinajstić information content (AvgIpc) is 3.21. The van der Waals surface area contributed by atoms with Gasteiger partial charge in [0.2, 0.25) is 0 Å². The summed E-state index contributed by atoms with van der Waals surface area (Å²) in [7, 11) is 0. The monoisotopic (exact) mass is 429 g/mol. The summed E-state index contributed by atoms with van der Waals surface area (Å²) in [5.41, 5.74) is 7.62. The first kappa shape index (κ1) is 25.5. The van der Waals surface area contributed by atoms with Crippen LogP contribution in [0.2, 0.25) is 0 Å². The van der Waals surface area contributed by atoms with Crippen LogP contribution < -0.4 is 5.32 Å². The van der Waals surface area contributed by atoms with E-state index in [1.165, 1.54) is 42.8 Å². The lowest BCUT2D eigenvalue weighted by Gasteiger charge is -2.21. The number of fused-ring (bicyclic) bond motifs is 1. The summed E-state index contributed by atoms with van der Waals surface area (Å²) in [5.74, 6) is 5.71. The fourth-order valence-corrected chi connectivity index (χ4v) is 4.34. The maximum atomic E-state index is 5.99. The number of hydrogen-bond acceptors (Lipinski definition) is 3. The van der Waals surface area contributed by atoms with Gasteiger partial charge in [0.25, 0.3) is 0 Å². The molecular formula is C29H39N3. The number of rotatable bonds is 13. The van der Waals surface area contributed by atoms with Crippen LogP contribution >= 0.6 is 0 Å². The third-order valence-electron chi connectivity index (χ3n) is 5.96. The topological polar surface area (TPSA) is 27.6 Å². The van der Waals surface area contributed by atoms with Gasteiger partial charge in [-0.1, -0.05) is 38.0 Å². The lowest BCUT2D eigenvalue weighted by atomic mass is 9.92. The highest BCUT2D eigenvalue weighted by molar-refractivity contribution is 6.10. The van der Waals surface area contributed by atoms with Crippen molar-refractivity contribution in [2.24, 2.45) is 4.99 Å². The van der Waals surface area contributed by atoms with Crippen molar-refractivity contribution in [2.45, 2.75) is 66.2 Å². The van der Waals surface area contributed by atoms with Gasteiger partial charge >= 0.3 is 0 Å². The number of para-hydroxylation sites is 1. The molecule has 1 heterocycles. The Morgan fingerprint density at radius 3 is 2.44 bits per heavy atom. The fraction of sp³-hybridized carbons (Fsp3) is 0.483. The Morgan fingerprint density at radius 2 is 1.81 bits per heavy atom. The van der Waals surface area contributed by atoms with Crippen LogP contribution in [0, 0.1) is 24.7 Å². The average molecular weight is 430 g/mol. The van der Waals surface area contributed by atoms with E-state index in [2.05, 4.69) is 61.9 Å². The second kappa shape index (κ2) is 13.6. The summed E-state index contributed by atoms with van der Waals surface area (Å²) in [6.07, 6.45) is 17.4. The maximum Gasteiger partial charge on any atom is 0.0669 e. The molecule has 0 atom stereocenters. The molecule has 32 heavy (non-hydrogen) atoms. The van der Waals surface area contributed by atoms with Gasteiger partial charge in [-0.15, -0.1) is 18.8 Å². The van der Waals surface area contributed by atoms with Crippen molar-refractivity contribution in [1.82, 2.24) is 10.2 Å². The fourth-order valence-electron chi connectivity index (χ4n) is 4.34. The van der Waals surface area contributed by atoms with Gasteiger partial charge in [0.15, 0.2) is 0 Å². The first-order valence-electron chi connectivity index (χ1n) is 12.0. The van der Waals surface area contributed by atoms with E-state index < -0.39 is 0 Å². The number of nitrogens with one attached hydrogen (secondary N) is 1. The quantitative estimate of drug-likeness (QED) is 0.235. The van der Waals surface area contributed by atoms with Crippen LogP contribution in [-0.2, 0) is 6.42 Å². The molecule has 0 radical (unpaired) electrons. The molecule has 3 heteroatoms. The normalized spacial score (nSPS) is 14.2. The first-order chi connectivity index (χ1) is 15.5. The van der Waals surface area contributed by atoms with E-state index in [4.69, 9.17) is 17.8 Å². The minimum atomic E-state index is 0.691. The van der Waals surface area contributed by atoms with E-state index in [0.717, 1.165) is 54.9 Å². The first-order valence-corrected chi connectivity index (χ1v) is 12.0. The van der Waals surface area contributed by atoms with Gasteiger partial charge < -0.3 is 10.2 Å². The molecule has 2 rings (SSSR count). The van der Waals surface area contributed by atoms with Gasteiger partial charge in [0, 0.05) is 30.7 Å². The number of benzene rings is 1. The lowest BCUT2D eigenvalue weighted by molar-refractivity contribution is 0.271. The highest BCUT2D eigenvalue weighted by Crippen LogP contribution is 2.31. The summed E-state index contributed by atoms with van der Waals surface area (Å²) in [5, 5.41) is 3.64. The lowest BCUT2D eigenvalue weighted by Crippen LogP contribution is -2.29. The largest absolute Gasteiger partial charge is 0.388 e. The summed E-state index contributed by atoms with van der Waals surface area (Å²) in [4.78, 5) is 7.38. The third-order valence-corrected chi connectivity index (χ3v) is 5.96. The molecule has 1 aliphatic heterocycles. The van der Waals surface area contributed by atoms with Crippen molar-refractivity contribution in [3.63, 3.8) is 0 Å². The van der Waals surface area contributed by atoms with Gasteiger partial charge in [-0.3, -0.25) is 4.99 Å². The minimum Gasteiger partial charge on any atom is -0.388 e. The number of terminal acetylenes is 2. The van der Waals surface area contributed by atoms with E-state index >= 15 is 0 Å². The van der Waals surface area contributed by atoms with Crippen molar-refractivity contribution in [3.8, 4) is 24.7 Å². The summed E-state index contributed by atoms with van der Waals surface area (Å²) < 4.78 is 0. The van der Waals surface area contributed by atoms with E-state index in [0.29, 0.717) is 6.42 Å². The Morgan fingerprint density at radius 1 is 1.09 bits per heavy atom. The van der Waals surface area contributed by atoms with E-state index in [1.807, 2.05) is 12.1 Å². The second-order valence-electron chi connectivity index (χ2n) is 8.44. The molecule has 3 nitrogen and oxygen atoms in total. The summed E-state index contributed by atoms with van der Waals surface area (Å²) in [6.45, 7) is 13.2. The molecule has 1 N–H and O–H groups in total. The van der Waals surface area contributed by atoms with Crippen molar-refractivity contribution < 1.29 is 0 Å². The third kappa shape index (κ3) is 7.15. The highest BCUT2D eigenvalue weighted by atomic mass is 15.1. The van der Waals surface area contributed by atoms with Crippen LogP contribution in [0.5, 0.6) is 0 Å². The van der Waals surface area contributed by atoms with Crippen LogP contribution in [0.1, 0.15) is 65.4 Å². The molecule has 0 saturated heterocycles. The molecule has 1 aliphatic rings. The molecule has 0 fully saturated rings. The van der Waals surface area contributed by atoms with Gasteiger partial charge in [0.1, 0.15) is 0 Å². The Balaban J connectivity index is 2.16. The zero-order valence-electron chi connectivity index (χ0n) is 20.4. The SMILES string of the molecule is C#CCCC(/C(C)=C(/C#C)C1=Nc2ccccc2C1)=C(/C)NCCCN(CCC)CCC. The van der Waals surface area contributed by atoms with Crippen LogP contribution in [0.25, 0.3) is 0 Å². The predicted molar refractivity (Wildman–Crippen MR) is 139 cm³/mol. The number of aliphatic imine (C=N–C) groups is 1. The van der Waals surface area contributed by atoms with Crippen molar-refractivity contribution >= 4 is 11.4 Å². The molecule has 0 saturated carbocycles. The van der Waals surface area contributed by atoms with Crippen molar-refractivity contribution in [3.05, 3.63) is 52.2 Å². The van der Waals surface area contributed by atoms with Crippen LogP contribution in [0.3, 0.4) is 0 Å². The molecule has 0 spiro atoms. The van der Waals surface area contributed by atoms with E-state index in [9.17, 15) is 0 Å². The van der Waals surface area contributed by atoms with Crippen LogP contribution in [-0.4, -0.2) is 36.8 Å². The number of allylic oxidation sites excluding steroid dienone is 4. The Bertz CT molecular complexity index is 928. The van der Waals surface area contributed by atoms with Crippen molar-refractivity contribution in [1.29, 1.82) is 0 Å². The van der Waals surface area contributed by atoms with Gasteiger partial charge in [-0.25, -0.2) is 0 Å². The molecule has 0 aromatic heterocycles. The summed E-state index contributed by atoms with van der Waals surface area (Å²) >= 11 is 0. The predicted octanol–water partition coefficient (Wildman–Crippen LogP) is 6.05. The van der Waals surface area contributed by atoms with Gasteiger partial charge in [-0.05, 0) is 81.9 Å². The maximum absolute atomic E-state index is 5.99. The zero-order chi connectivity index (χ0) is 23.3. The molecule has 1 aromatic carbocycles. The number of nitrogens with zero attached hydrogens (tertiary/aromatic N) is 2. The van der Waals surface area contributed by atoms with E-state index in [-0.39, 0.29) is 0 Å². The van der Waals surface area contributed by atoms with Crippen LogP contribution in [0.4, 0.5) is 5.69 Å². The molecule has 0 bridgehead atoms. The minimum absolute atomic E-state index is 0.691. The molecule has 0 amide bonds. The Hall–Kier alpha value is -2.75. The Labute approximate surface area is 196 Å². The molecule has 170 valence electrons. The summed E-state index contributed by atoms with van der Waals surface area (Å²) in [6, 6.07) is 8.25. The smallest absolute Gasteiger partial charge is 0.0669 e. The van der Waals surface area contributed by atoms with Gasteiger partial charge in [-0.2, -0.15) is 0 Å². The van der Waals surface area contributed by atoms with Crippen LogP contribution in [0.15, 0.2) is 51.7 Å². The molecule has 1 aromatic rings. The molecular weight excluding hydrogens is 390 g/mol.